The molecule has 7 heterocycles. The number of piperidine rings is 2. The third kappa shape index (κ3) is 23.0. The minimum Gasteiger partial charge on any atom is -0.489 e. The highest BCUT2D eigenvalue weighted by Crippen LogP contribution is 2.45. The number of sulfonamides is 1. The Bertz CT molecular complexity index is 5240. The molecule has 3 aromatic heterocycles. The number of hydrogen-bond donors (Lipinski definition) is 7. The Labute approximate surface area is 735 Å². The van der Waals surface area contributed by atoms with Gasteiger partial charge in [-0.1, -0.05) is 71.2 Å². The van der Waals surface area contributed by atoms with E-state index < -0.39 is 10.0 Å². The van der Waals surface area contributed by atoms with Crippen LogP contribution in [0.25, 0.3) is 0 Å². The molecule has 2 aliphatic carbocycles. The first kappa shape index (κ1) is 90.1. The second-order valence-corrected chi connectivity index (χ2v) is 37.2. The summed E-state index contributed by atoms with van der Waals surface area (Å²) in [6, 6.07) is 35.4. The van der Waals surface area contributed by atoms with Gasteiger partial charge >= 0.3 is 0 Å². The van der Waals surface area contributed by atoms with Crippen LogP contribution in [-0.4, -0.2) is 185 Å². The molecule has 4 saturated heterocycles. The summed E-state index contributed by atoms with van der Waals surface area (Å²) in [5, 5.41) is 23.8. The van der Waals surface area contributed by atoms with Gasteiger partial charge in [0.15, 0.2) is 17.5 Å². The number of amides is 2. The van der Waals surface area contributed by atoms with Crippen molar-refractivity contribution in [2.24, 2.45) is 0 Å². The summed E-state index contributed by atoms with van der Waals surface area (Å²) in [6.45, 7) is 25.6. The van der Waals surface area contributed by atoms with Crippen molar-refractivity contribution in [3.05, 3.63) is 187 Å². The molecule has 122 heavy (non-hydrogen) atoms. The van der Waals surface area contributed by atoms with E-state index in [0.29, 0.717) is 110 Å². The molecule has 9 aromatic rings. The van der Waals surface area contributed by atoms with Crippen LogP contribution in [0.15, 0.2) is 133 Å². The van der Waals surface area contributed by atoms with Gasteiger partial charge in [-0.05, 0) is 331 Å². The fraction of sp³-hybridized carbons (Fsp3) is 0.462. The SMILES string of the molecule is Cc1cc(Nc2ncc(Cl)c(Nc3ccccc3C(=O)N3CCC3)n2)c(OC(C)C)cc1C1CCN(C)CC1.Cc1cc(Nc2ncc(Cl)c(Nc3ccccc3C(=O)NC3CCC3)n2)c(OC(C)C)cc1C1CCN(C)CC1.Cc1cc(Nc2ncc(Cl)c(Nc3ccccc3S(=O)(=O)N3CCCC3)n2)c(OC(C)C)cc1C1CCC(N(C)C)CC1. The van der Waals surface area contributed by atoms with E-state index in [2.05, 4.69) is 167 Å². The molecule has 0 radical (unpaired) electrons. The third-order valence-electron chi connectivity index (χ3n) is 23.6. The Morgan fingerprint density at radius 1 is 0.443 bits per heavy atom. The van der Waals surface area contributed by atoms with E-state index in [1.54, 1.807) is 42.7 Å². The zero-order valence-electron chi connectivity index (χ0n) is 72.6. The van der Waals surface area contributed by atoms with Crippen molar-refractivity contribution in [3.8, 4) is 17.2 Å². The van der Waals surface area contributed by atoms with E-state index in [0.717, 1.165) is 151 Å². The number of benzene rings is 6. The summed E-state index contributed by atoms with van der Waals surface area (Å²) in [7, 11) is 5.04. The fourth-order valence-corrected chi connectivity index (χ4v) is 18.6. The highest BCUT2D eigenvalue weighted by molar-refractivity contribution is 7.89. The van der Waals surface area contributed by atoms with Gasteiger partial charge in [-0.15, -0.1) is 0 Å². The first-order chi connectivity index (χ1) is 58.6. The molecule has 7 N–H and O–H groups in total. The summed E-state index contributed by atoms with van der Waals surface area (Å²) in [4.78, 5) is 62.2. The van der Waals surface area contributed by atoms with Crippen LogP contribution >= 0.6 is 34.8 Å². The van der Waals surface area contributed by atoms with Gasteiger partial charge in [-0.2, -0.15) is 19.3 Å². The van der Waals surface area contributed by atoms with Crippen LogP contribution in [0.2, 0.25) is 15.1 Å². The number of aryl methyl sites for hydroxylation is 3. The van der Waals surface area contributed by atoms with Gasteiger partial charge < -0.3 is 71.0 Å². The molecule has 15 rings (SSSR count). The summed E-state index contributed by atoms with van der Waals surface area (Å²) in [5.41, 5.74) is 12.8. The lowest BCUT2D eigenvalue weighted by atomic mass is 9.80. The average Bonchev–Trinajstić information content (AvgIpc) is 1.00. The van der Waals surface area contributed by atoms with Crippen LogP contribution < -0.4 is 51.4 Å². The van der Waals surface area contributed by atoms with Crippen molar-refractivity contribution >= 4 is 126 Å². The number of anilines is 12. The molecule has 0 atom stereocenters. The van der Waals surface area contributed by atoms with Crippen LogP contribution in [0.5, 0.6) is 17.2 Å². The fourth-order valence-electron chi connectivity index (χ4n) is 16.5. The number of rotatable bonds is 27. The first-order valence-corrected chi connectivity index (χ1v) is 45.7. The van der Waals surface area contributed by atoms with Crippen LogP contribution in [-0.2, 0) is 10.0 Å². The molecule has 0 unspecified atom stereocenters. The maximum Gasteiger partial charge on any atom is 0.255 e. The van der Waals surface area contributed by atoms with Crippen LogP contribution in [0.4, 0.5) is 69.4 Å². The lowest BCUT2D eigenvalue weighted by molar-refractivity contribution is 0.0652. The smallest absolute Gasteiger partial charge is 0.255 e. The van der Waals surface area contributed by atoms with E-state index in [1.807, 2.05) is 88.9 Å². The number of likely N-dealkylation sites (tertiary alicyclic amines) is 3. The Morgan fingerprint density at radius 2 is 0.820 bits per heavy atom. The molecule has 29 heteroatoms. The van der Waals surface area contributed by atoms with Gasteiger partial charge in [0, 0.05) is 38.3 Å². The average molecular weight is 1740 g/mol. The number of para-hydroxylation sites is 3. The molecule has 6 aliphatic rings. The minimum absolute atomic E-state index is 0.00327. The van der Waals surface area contributed by atoms with Gasteiger partial charge in [0.05, 0.1) is 82.2 Å². The predicted molar refractivity (Wildman–Crippen MR) is 492 cm³/mol. The maximum absolute atomic E-state index is 13.4. The first-order valence-electron chi connectivity index (χ1n) is 43.1. The number of carbonyl (C=O) groups is 2. The van der Waals surface area contributed by atoms with Crippen LogP contribution in [0.1, 0.15) is 203 Å². The second-order valence-electron chi connectivity index (χ2n) is 34.1. The van der Waals surface area contributed by atoms with Gasteiger partial charge in [0.25, 0.3) is 11.8 Å². The van der Waals surface area contributed by atoms with Gasteiger partial charge in [0.1, 0.15) is 37.2 Å². The molecule has 6 aromatic carbocycles. The summed E-state index contributed by atoms with van der Waals surface area (Å²) in [6.07, 6.45) is 19.8. The Hall–Kier alpha value is -9.64. The molecule has 0 bridgehead atoms. The van der Waals surface area contributed by atoms with Gasteiger partial charge in [0.2, 0.25) is 27.9 Å². The van der Waals surface area contributed by atoms with E-state index in [1.165, 1.54) is 56.7 Å². The van der Waals surface area contributed by atoms with Crippen molar-refractivity contribution < 1.29 is 32.2 Å². The molecule has 6 fully saturated rings. The normalized spacial score (nSPS) is 17.5. The largest absolute Gasteiger partial charge is 0.489 e. The lowest BCUT2D eigenvalue weighted by Crippen LogP contribution is -2.42. The molecule has 25 nitrogen and oxygen atoms in total. The number of ether oxygens (including phenoxy) is 3. The highest BCUT2D eigenvalue weighted by Gasteiger charge is 2.33. The monoisotopic (exact) mass is 1740 g/mol. The predicted octanol–water partition coefficient (Wildman–Crippen LogP) is 20.3. The van der Waals surface area contributed by atoms with E-state index in [9.17, 15) is 18.0 Å². The topological polar surface area (TPSA) is 274 Å². The highest BCUT2D eigenvalue weighted by atomic mass is 35.5. The van der Waals surface area contributed by atoms with E-state index >= 15 is 0 Å². The van der Waals surface area contributed by atoms with Crippen molar-refractivity contribution in [3.63, 3.8) is 0 Å². The van der Waals surface area contributed by atoms with Crippen LogP contribution in [0.3, 0.4) is 0 Å². The molecular weight excluding hydrogens is 1620 g/mol. The van der Waals surface area contributed by atoms with Crippen molar-refractivity contribution in [1.82, 2.24) is 59.1 Å². The van der Waals surface area contributed by atoms with Crippen molar-refractivity contribution in [1.29, 1.82) is 0 Å². The minimum atomic E-state index is -3.65. The Balaban J connectivity index is 0.000000158. The van der Waals surface area contributed by atoms with Gasteiger partial charge in [-0.3, -0.25) is 9.59 Å². The number of aromatic nitrogens is 6. The second kappa shape index (κ2) is 41.2. The third-order valence-corrected chi connectivity index (χ3v) is 26.4. The molecule has 2 amide bonds. The van der Waals surface area contributed by atoms with E-state index in [-0.39, 0.29) is 46.1 Å². The molecular formula is C93H119Cl3N18O7S. The summed E-state index contributed by atoms with van der Waals surface area (Å²) in [5.74, 6) is 5.96. The number of hydrogen-bond acceptors (Lipinski definition) is 22. The maximum atomic E-state index is 13.4. The van der Waals surface area contributed by atoms with Gasteiger partial charge in [-0.25, -0.2) is 23.4 Å². The molecule has 650 valence electrons. The Morgan fingerprint density at radius 3 is 1.20 bits per heavy atom. The Kier molecular flexibility index (Phi) is 30.5. The summed E-state index contributed by atoms with van der Waals surface area (Å²) < 4.78 is 47.0. The quantitative estimate of drug-likeness (QED) is 0.0252. The zero-order chi connectivity index (χ0) is 86.5. The molecule has 0 spiro atoms. The number of nitrogens with one attached hydrogen (secondary N) is 7. The number of halogens is 3. The molecule has 2 saturated carbocycles. The van der Waals surface area contributed by atoms with Crippen molar-refractivity contribution in [2.75, 3.05) is 112 Å². The number of nitrogens with zero attached hydrogens (tertiary/aromatic N) is 11. The van der Waals surface area contributed by atoms with E-state index in [4.69, 9.17) is 49.0 Å². The zero-order valence-corrected chi connectivity index (χ0v) is 75.7. The number of carbonyl (C=O) groups excluding carboxylic acids is 2. The standard InChI is InChI=1S/C32H43ClN6O3S.C31H39ClN6O2.C30H37ClN6O2/c1-21(2)42-29-19-25(23-12-14-24(15-13-23)38(4)5)22(3)18-28(29)36-32-34-20-26(33)31(37-32)35-27-10-6-7-11-30(27)43(40,41)39-16-8-9-17-39;1-19(2)40-28-17-24(21-12-14-38(4)15-13-21)20(3)16-27(28)36-31-33-18-25(32)29(37-31)35-26-11-6-5-10-23(26)30(39)34-22-8-7-9-22;1-19(2)39-27-17-23(21-10-14-36(4)15-11-21)20(3)16-26(27)34-30-32-18-24(31)28(35-30)33-25-9-6-5-8-22(25)29(38)37-12-7-13-37/h6-7,10-11,18-21,23-24H,8-9,12-17H2,1-5H3,(H2,34,35,36,37);5-6,10-11,16-19,21-22H,7-9,12-15H2,1-4H3,(H,34,39)(H2,33,35,36,37);5-6,8-9,16-19,21H,7,10-15H2,1-4H3,(H2,32,33,34,35). The summed E-state index contributed by atoms with van der Waals surface area (Å²) >= 11 is 19.5. The lowest BCUT2D eigenvalue weighted by Gasteiger charge is -2.33. The van der Waals surface area contributed by atoms with Crippen LogP contribution in [0, 0.1) is 20.8 Å². The van der Waals surface area contributed by atoms with Crippen molar-refractivity contribution in [2.45, 2.75) is 205 Å². The molecule has 4 aliphatic heterocycles.